The molecule has 1 unspecified atom stereocenters. The van der Waals surface area contributed by atoms with Gasteiger partial charge in [0, 0.05) is 12.1 Å². The summed E-state index contributed by atoms with van der Waals surface area (Å²) in [4.78, 5) is 12.4. The lowest BCUT2D eigenvalue weighted by Gasteiger charge is -2.28. The molecule has 3 N–H and O–H groups in total. The van der Waals surface area contributed by atoms with E-state index in [2.05, 4.69) is 5.32 Å². The second-order valence-corrected chi connectivity index (χ2v) is 6.09. The number of carbonyl (C=O) groups is 1. The minimum Gasteiger partial charge on any atom is -0.352 e. The fourth-order valence-electron chi connectivity index (χ4n) is 2.56. The highest BCUT2D eigenvalue weighted by atomic mass is 32.2. The first kappa shape index (κ1) is 14.4. The zero-order valence-corrected chi connectivity index (χ0v) is 12.2. The molecule has 1 atom stereocenters. The lowest BCUT2D eigenvalue weighted by atomic mass is 9.91. The number of carbonyl (C=O) groups excluding carboxylic acids is 1. The highest BCUT2D eigenvalue weighted by molar-refractivity contribution is 7.99. The number of rotatable bonds is 4. The van der Waals surface area contributed by atoms with E-state index < -0.39 is 0 Å². The molecule has 104 valence electrons. The predicted octanol–water partition coefficient (Wildman–Crippen LogP) is 2.48. The number of hydrogen-bond donors (Lipinski definition) is 2. The van der Waals surface area contributed by atoms with E-state index in [1.165, 1.54) is 0 Å². The first-order chi connectivity index (χ1) is 9.20. The fraction of sp³-hybridized carbons (Fsp3) is 0.533. The van der Waals surface area contributed by atoms with Gasteiger partial charge in [0.05, 0.1) is 0 Å². The summed E-state index contributed by atoms with van der Waals surface area (Å²) >= 11 is 1.58. The zero-order chi connectivity index (χ0) is 13.7. The van der Waals surface area contributed by atoms with Crippen molar-refractivity contribution < 1.29 is 4.79 Å². The van der Waals surface area contributed by atoms with E-state index in [0.717, 1.165) is 31.2 Å². The molecular weight excluding hydrogens is 256 g/mol. The van der Waals surface area contributed by atoms with Crippen molar-refractivity contribution in [3.05, 3.63) is 35.9 Å². The Labute approximate surface area is 119 Å². The highest BCUT2D eigenvalue weighted by Crippen LogP contribution is 2.27. The van der Waals surface area contributed by atoms with Crippen LogP contribution in [0.1, 0.15) is 36.5 Å². The Balaban J connectivity index is 1.94. The maximum Gasteiger partial charge on any atom is 0.237 e. The molecule has 1 aromatic rings. The van der Waals surface area contributed by atoms with E-state index in [4.69, 9.17) is 5.73 Å². The van der Waals surface area contributed by atoms with E-state index in [1.807, 2.05) is 36.6 Å². The lowest BCUT2D eigenvalue weighted by Crippen LogP contribution is -2.41. The second-order valence-electron chi connectivity index (χ2n) is 5.15. The van der Waals surface area contributed by atoms with E-state index >= 15 is 0 Å². The first-order valence-electron chi connectivity index (χ1n) is 6.84. The summed E-state index contributed by atoms with van der Waals surface area (Å²) in [5.41, 5.74) is 6.96. The molecule has 19 heavy (non-hydrogen) atoms. The van der Waals surface area contributed by atoms with E-state index in [0.29, 0.717) is 12.1 Å². The van der Waals surface area contributed by atoms with Crippen LogP contribution in [0, 0.1) is 0 Å². The van der Waals surface area contributed by atoms with Crippen LogP contribution in [0.5, 0.6) is 0 Å². The van der Waals surface area contributed by atoms with E-state index in [1.54, 1.807) is 11.8 Å². The van der Waals surface area contributed by atoms with Crippen LogP contribution in [0.3, 0.4) is 0 Å². The Morgan fingerprint density at radius 2 is 1.89 bits per heavy atom. The summed E-state index contributed by atoms with van der Waals surface area (Å²) in [5.74, 6) is 0.124. The molecule has 4 heteroatoms. The Hall–Kier alpha value is -1.00. The lowest BCUT2D eigenvalue weighted by molar-refractivity contribution is -0.121. The van der Waals surface area contributed by atoms with Gasteiger partial charge in [-0.1, -0.05) is 30.3 Å². The number of nitrogens with one attached hydrogen (secondary N) is 1. The molecule has 0 radical (unpaired) electrons. The van der Waals surface area contributed by atoms with E-state index in [9.17, 15) is 4.79 Å². The quantitative estimate of drug-likeness (QED) is 0.889. The minimum atomic E-state index is -0.114. The molecule has 0 aliphatic heterocycles. The monoisotopic (exact) mass is 278 g/mol. The van der Waals surface area contributed by atoms with Crippen LogP contribution < -0.4 is 11.1 Å². The predicted molar refractivity (Wildman–Crippen MR) is 81.1 cm³/mol. The van der Waals surface area contributed by atoms with Crippen LogP contribution in [0.25, 0.3) is 0 Å². The van der Waals surface area contributed by atoms with Gasteiger partial charge in [-0.15, -0.1) is 11.8 Å². The van der Waals surface area contributed by atoms with Crippen molar-refractivity contribution in [1.82, 2.24) is 5.32 Å². The summed E-state index contributed by atoms with van der Waals surface area (Å²) in [5, 5.41) is 3.06. The molecule has 3 nitrogen and oxygen atoms in total. The third-order valence-electron chi connectivity index (χ3n) is 3.69. The molecule has 0 aromatic heterocycles. The van der Waals surface area contributed by atoms with Gasteiger partial charge in [0.15, 0.2) is 0 Å². The van der Waals surface area contributed by atoms with Gasteiger partial charge < -0.3 is 11.1 Å². The molecule has 1 aromatic carbocycles. The van der Waals surface area contributed by atoms with Crippen molar-refractivity contribution in [2.45, 2.75) is 43.0 Å². The molecular formula is C15H22N2OS. The summed E-state index contributed by atoms with van der Waals surface area (Å²) in [6.07, 6.45) is 6.01. The summed E-state index contributed by atoms with van der Waals surface area (Å²) in [6, 6.07) is 10.6. The van der Waals surface area contributed by atoms with Gasteiger partial charge >= 0.3 is 0 Å². The smallest absolute Gasteiger partial charge is 0.237 e. The zero-order valence-electron chi connectivity index (χ0n) is 11.3. The molecule has 0 spiro atoms. The average Bonchev–Trinajstić information content (AvgIpc) is 2.43. The number of nitrogens with two attached hydrogens (primary N) is 1. The van der Waals surface area contributed by atoms with Crippen LogP contribution in [0.4, 0.5) is 0 Å². The first-order valence-corrected chi connectivity index (χ1v) is 8.13. The van der Waals surface area contributed by atoms with Crippen molar-refractivity contribution in [3.63, 3.8) is 0 Å². The number of benzene rings is 1. The van der Waals surface area contributed by atoms with Crippen molar-refractivity contribution in [3.8, 4) is 0 Å². The van der Waals surface area contributed by atoms with Gasteiger partial charge in [-0.2, -0.15) is 0 Å². The Morgan fingerprint density at radius 1 is 1.26 bits per heavy atom. The Kier molecular flexibility index (Phi) is 5.28. The van der Waals surface area contributed by atoms with Crippen molar-refractivity contribution in [1.29, 1.82) is 0 Å². The molecule has 1 fully saturated rings. The number of amides is 1. The van der Waals surface area contributed by atoms with Gasteiger partial charge in [0.25, 0.3) is 0 Å². The third kappa shape index (κ3) is 3.98. The van der Waals surface area contributed by atoms with Gasteiger partial charge in [0.1, 0.15) is 5.25 Å². The average molecular weight is 278 g/mol. The minimum absolute atomic E-state index is 0.114. The van der Waals surface area contributed by atoms with Crippen LogP contribution >= 0.6 is 11.8 Å². The molecule has 0 bridgehead atoms. The topological polar surface area (TPSA) is 55.1 Å². The molecule has 2 rings (SSSR count). The summed E-state index contributed by atoms with van der Waals surface area (Å²) in [6.45, 7) is 0. The third-order valence-corrected chi connectivity index (χ3v) is 4.65. The molecule has 1 amide bonds. The van der Waals surface area contributed by atoms with Gasteiger partial charge in [-0.05, 0) is 37.5 Å². The van der Waals surface area contributed by atoms with Crippen LogP contribution in [-0.2, 0) is 4.79 Å². The van der Waals surface area contributed by atoms with Crippen LogP contribution in [0.15, 0.2) is 30.3 Å². The second kappa shape index (κ2) is 6.96. The maximum atomic E-state index is 12.4. The maximum absolute atomic E-state index is 12.4. The van der Waals surface area contributed by atoms with Crippen molar-refractivity contribution >= 4 is 17.7 Å². The van der Waals surface area contributed by atoms with Crippen molar-refractivity contribution in [2.75, 3.05) is 6.26 Å². The van der Waals surface area contributed by atoms with Crippen molar-refractivity contribution in [2.24, 2.45) is 5.73 Å². The number of hydrogen-bond acceptors (Lipinski definition) is 3. The molecule has 1 aliphatic carbocycles. The summed E-state index contributed by atoms with van der Waals surface area (Å²) in [7, 11) is 0. The highest BCUT2D eigenvalue weighted by Gasteiger charge is 2.24. The Bertz CT molecular complexity index is 402. The van der Waals surface area contributed by atoms with Crippen LogP contribution in [0.2, 0.25) is 0 Å². The summed E-state index contributed by atoms with van der Waals surface area (Å²) < 4.78 is 0. The largest absolute Gasteiger partial charge is 0.352 e. The van der Waals surface area contributed by atoms with Gasteiger partial charge in [-0.3, -0.25) is 4.79 Å². The number of thioether (sulfide) groups is 1. The molecule has 0 saturated heterocycles. The molecule has 1 saturated carbocycles. The fourth-order valence-corrected chi connectivity index (χ4v) is 3.27. The van der Waals surface area contributed by atoms with Gasteiger partial charge in [0.2, 0.25) is 5.91 Å². The molecule has 1 aliphatic rings. The van der Waals surface area contributed by atoms with Crippen LogP contribution in [-0.4, -0.2) is 24.2 Å². The standard InChI is InChI=1S/C15H22N2OS/c1-19-14(11-5-3-2-4-6-11)15(18)17-13-9-7-12(16)8-10-13/h2-6,12-14H,7-10,16H2,1H3,(H,17,18). The Morgan fingerprint density at radius 3 is 2.47 bits per heavy atom. The SMILES string of the molecule is CSC(C(=O)NC1CCC(N)CC1)c1ccccc1. The molecule has 0 heterocycles. The van der Waals surface area contributed by atoms with E-state index in [-0.39, 0.29) is 11.2 Å². The van der Waals surface area contributed by atoms with Gasteiger partial charge in [-0.25, -0.2) is 0 Å². The normalized spacial score (nSPS) is 24.7.